The Morgan fingerprint density at radius 1 is 1.32 bits per heavy atom. The van der Waals surface area contributed by atoms with Crippen LogP contribution in [0, 0.1) is 5.92 Å². The lowest BCUT2D eigenvalue weighted by molar-refractivity contribution is -0.122. The fraction of sp³-hybridized carbons (Fsp3) is 0.462. The number of hydrogen-bond donors (Lipinski definition) is 2. The molecule has 0 aliphatic heterocycles. The van der Waals surface area contributed by atoms with E-state index in [9.17, 15) is 13.2 Å². The van der Waals surface area contributed by atoms with Gasteiger partial charge in [-0.25, -0.2) is 13.6 Å². The van der Waals surface area contributed by atoms with Crippen molar-refractivity contribution in [2.24, 2.45) is 11.1 Å². The van der Waals surface area contributed by atoms with E-state index in [1.54, 1.807) is 19.1 Å². The van der Waals surface area contributed by atoms with Crippen molar-refractivity contribution < 1.29 is 13.2 Å². The van der Waals surface area contributed by atoms with E-state index in [1.807, 2.05) is 13.8 Å². The molecule has 1 amide bonds. The summed E-state index contributed by atoms with van der Waals surface area (Å²) in [5, 5.41) is 7.91. The minimum atomic E-state index is -3.72. The van der Waals surface area contributed by atoms with Crippen molar-refractivity contribution in [2.75, 3.05) is 0 Å². The summed E-state index contributed by atoms with van der Waals surface area (Å²) in [6.45, 7) is 5.73. The Morgan fingerprint density at radius 3 is 2.47 bits per heavy atom. The summed E-state index contributed by atoms with van der Waals surface area (Å²) >= 11 is 0. The van der Waals surface area contributed by atoms with E-state index in [4.69, 9.17) is 5.14 Å². The van der Waals surface area contributed by atoms with Gasteiger partial charge in [0.1, 0.15) is 0 Å². The molecule has 0 fully saturated rings. The zero-order valence-corrected chi connectivity index (χ0v) is 12.2. The maximum absolute atomic E-state index is 11.7. The van der Waals surface area contributed by atoms with Gasteiger partial charge >= 0.3 is 0 Å². The average Bonchev–Trinajstić information content (AvgIpc) is 2.26. The summed E-state index contributed by atoms with van der Waals surface area (Å²) in [4.78, 5) is 11.7. The maximum atomic E-state index is 11.7. The molecule has 0 aliphatic rings. The fourth-order valence-corrected chi connectivity index (χ4v) is 2.28. The number of nitrogens with one attached hydrogen (secondary N) is 1. The SMILES string of the molecule is CC(C)CC(=O)N[C@@H](C)c1cccc(S(N)(=O)=O)c1. The molecule has 0 heterocycles. The maximum Gasteiger partial charge on any atom is 0.238 e. The van der Waals surface area contributed by atoms with E-state index in [2.05, 4.69) is 5.32 Å². The first-order valence-corrected chi connectivity index (χ1v) is 7.67. The van der Waals surface area contributed by atoms with Gasteiger partial charge in [0.15, 0.2) is 0 Å². The molecular weight excluding hydrogens is 264 g/mol. The molecule has 0 saturated carbocycles. The van der Waals surface area contributed by atoms with E-state index < -0.39 is 10.0 Å². The number of carbonyl (C=O) groups is 1. The van der Waals surface area contributed by atoms with Gasteiger partial charge in [0.2, 0.25) is 15.9 Å². The van der Waals surface area contributed by atoms with Crippen molar-refractivity contribution in [1.29, 1.82) is 0 Å². The molecule has 0 saturated heterocycles. The zero-order valence-electron chi connectivity index (χ0n) is 11.4. The molecular formula is C13H20N2O3S. The highest BCUT2D eigenvalue weighted by Crippen LogP contribution is 2.17. The van der Waals surface area contributed by atoms with Crippen LogP contribution >= 0.6 is 0 Å². The third-order valence-corrected chi connectivity index (χ3v) is 3.57. The quantitative estimate of drug-likeness (QED) is 0.859. The minimum Gasteiger partial charge on any atom is -0.350 e. The van der Waals surface area contributed by atoms with Crippen LogP contribution in [0.2, 0.25) is 0 Å². The van der Waals surface area contributed by atoms with Crippen LogP contribution in [0.5, 0.6) is 0 Å². The monoisotopic (exact) mass is 284 g/mol. The molecule has 1 aromatic rings. The summed E-state index contributed by atoms with van der Waals surface area (Å²) in [5.74, 6) is 0.228. The second-order valence-corrected chi connectivity index (χ2v) is 6.57. The van der Waals surface area contributed by atoms with E-state index in [1.165, 1.54) is 12.1 Å². The van der Waals surface area contributed by atoms with Crippen LogP contribution < -0.4 is 10.5 Å². The second-order valence-electron chi connectivity index (χ2n) is 5.00. The molecule has 1 rings (SSSR count). The molecule has 1 aromatic carbocycles. The Hall–Kier alpha value is -1.40. The Balaban J connectivity index is 2.83. The van der Waals surface area contributed by atoms with Gasteiger partial charge < -0.3 is 5.32 Å². The van der Waals surface area contributed by atoms with Crippen LogP contribution in [0.3, 0.4) is 0 Å². The lowest BCUT2D eigenvalue weighted by atomic mass is 10.1. The molecule has 0 radical (unpaired) electrons. The molecule has 106 valence electrons. The third-order valence-electron chi connectivity index (χ3n) is 2.66. The van der Waals surface area contributed by atoms with Crippen molar-refractivity contribution in [3.05, 3.63) is 29.8 Å². The Kier molecular flexibility index (Phi) is 5.08. The van der Waals surface area contributed by atoms with Gasteiger partial charge in [0, 0.05) is 6.42 Å². The number of rotatable bonds is 5. The minimum absolute atomic E-state index is 0.0509. The van der Waals surface area contributed by atoms with Gasteiger partial charge in [-0.3, -0.25) is 4.79 Å². The number of benzene rings is 1. The Bertz CT molecular complexity index is 553. The summed E-state index contributed by atoms with van der Waals surface area (Å²) in [5.41, 5.74) is 0.712. The normalized spacial score (nSPS) is 13.3. The van der Waals surface area contributed by atoms with Crippen molar-refractivity contribution in [2.45, 2.75) is 38.1 Å². The van der Waals surface area contributed by atoms with Gasteiger partial charge in [-0.15, -0.1) is 0 Å². The molecule has 0 unspecified atom stereocenters. The number of hydrogen-bond acceptors (Lipinski definition) is 3. The zero-order chi connectivity index (χ0) is 14.6. The largest absolute Gasteiger partial charge is 0.350 e. The van der Waals surface area contributed by atoms with Crippen LogP contribution in [0.1, 0.15) is 38.8 Å². The summed E-state index contributed by atoms with van der Waals surface area (Å²) in [7, 11) is -3.72. The van der Waals surface area contributed by atoms with Crippen LogP contribution in [0.15, 0.2) is 29.2 Å². The smallest absolute Gasteiger partial charge is 0.238 e. The highest BCUT2D eigenvalue weighted by molar-refractivity contribution is 7.89. The molecule has 3 N–H and O–H groups in total. The first-order chi connectivity index (χ1) is 8.70. The molecule has 0 bridgehead atoms. The Morgan fingerprint density at radius 2 is 1.95 bits per heavy atom. The van der Waals surface area contributed by atoms with Crippen LogP contribution in [-0.2, 0) is 14.8 Å². The van der Waals surface area contributed by atoms with Gasteiger partial charge in [0.25, 0.3) is 0 Å². The van der Waals surface area contributed by atoms with Crippen LogP contribution in [0.25, 0.3) is 0 Å². The number of primary sulfonamides is 1. The molecule has 19 heavy (non-hydrogen) atoms. The third kappa shape index (κ3) is 5.00. The van der Waals surface area contributed by atoms with Gasteiger partial charge in [-0.1, -0.05) is 26.0 Å². The predicted octanol–water partition coefficient (Wildman–Crippen LogP) is 1.56. The first kappa shape index (κ1) is 15.7. The van der Waals surface area contributed by atoms with Crippen molar-refractivity contribution >= 4 is 15.9 Å². The van der Waals surface area contributed by atoms with E-state index >= 15 is 0 Å². The summed E-state index contributed by atoms with van der Waals surface area (Å²) in [6, 6.07) is 6.03. The number of amides is 1. The van der Waals surface area contributed by atoms with Gasteiger partial charge in [-0.05, 0) is 30.5 Å². The predicted molar refractivity (Wildman–Crippen MR) is 73.8 cm³/mol. The van der Waals surface area contributed by atoms with Crippen molar-refractivity contribution in [1.82, 2.24) is 5.32 Å². The standard InChI is InChI=1S/C13H20N2O3S/c1-9(2)7-13(16)15-10(3)11-5-4-6-12(8-11)19(14,17)18/h4-6,8-10H,7H2,1-3H3,(H,15,16)(H2,14,17,18)/t10-/m0/s1. The summed E-state index contributed by atoms with van der Waals surface area (Å²) in [6.07, 6.45) is 0.444. The average molecular weight is 284 g/mol. The van der Waals surface area contributed by atoms with Crippen LogP contribution in [0.4, 0.5) is 0 Å². The highest BCUT2D eigenvalue weighted by atomic mass is 32.2. The molecule has 6 heteroatoms. The first-order valence-electron chi connectivity index (χ1n) is 6.12. The molecule has 0 spiro atoms. The molecule has 5 nitrogen and oxygen atoms in total. The second kappa shape index (κ2) is 6.16. The van der Waals surface area contributed by atoms with Crippen molar-refractivity contribution in [3.63, 3.8) is 0 Å². The van der Waals surface area contributed by atoms with Gasteiger partial charge in [0.05, 0.1) is 10.9 Å². The topological polar surface area (TPSA) is 89.3 Å². The molecule has 0 aromatic heterocycles. The molecule has 0 aliphatic carbocycles. The number of sulfonamides is 1. The molecule has 1 atom stereocenters. The lowest BCUT2D eigenvalue weighted by Gasteiger charge is -2.16. The number of nitrogens with two attached hydrogens (primary N) is 1. The van der Waals surface area contributed by atoms with E-state index in [0.29, 0.717) is 12.0 Å². The Labute approximate surface area is 114 Å². The summed E-state index contributed by atoms with van der Waals surface area (Å²) < 4.78 is 22.5. The van der Waals surface area contributed by atoms with E-state index in [-0.39, 0.29) is 22.8 Å². The number of carbonyl (C=O) groups excluding carboxylic acids is 1. The van der Waals surface area contributed by atoms with Crippen LogP contribution in [-0.4, -0.2) is 14.3 Å². The lowest BCUT2D eigenvalue weighted by Crippen LogP contribution is -2.27. The van der Waals surface area contributed by atoms with Crippen molar-refractivity contribution in [3.8, 4) is 0 Å². The van der Waals surface area contributed by atoms with E-state index in [0.717, 1.165) is 0 Å². The highest BCUT2D eigenvalue weighted by Gasteiger charge is 2.14. The van der Waals surface area contributed by atoms with Gasteiger partial charge in [-0.2, -0.15) is 0 Å². The fourth-order valence-electron chi connectivity index (χ4n) is 1.72.